The predicted octanol–water partition coefficient (Wildman–Crippen LogP) is 15.2. The van der Waals surface area contributed by atoms with Crippen LogP contribution in [0.1, 0.15) is 89.8 Å². The minimum absolute atomic E-state index is 0. The van der Waals surface area contributed by atoms with Crippen molar-refractivity contribution in [3.63, 3.8) is 0 Å². The van der Waals surface area contributed by atoms with Crippen LogP contribution in [-0.4, -0.2) is 11.2 Å². The molecular formula is C55H49IrN2O. The molecule has 0 N–H and O–H groups in total. The molecule has 0 radical (unpaired) electrons. The number of benzene rings is 6. The number of furan rings is 1. The molecule has 6 aromatic carbocycles. The van der Waals surface area contributed by atoms with Gasteiger partial charge in [0.15, 0.2) is 0 Å². The van der Waals surface area contributed by atoms with Crippen molar-refractivity contribution >= 4 is 50.1 Å². The molecule has 1 aliphatic rings. The van der Waals surface area contributed by atoms with Gasteiger partial charge < -0.3 is 14.8 Å². The van der Waals surface area contributed by atoms with Gasteiger partial charge in [0.05, 0.1) is 0 Å². The number of rotatable bonds is 7. The number of nitrogens with zero attached hydrogens (tertiary/aromatic N) is 2. The van der Waals surface area contributed by atoms with Gasteiger partial charge in [0.2, 0.25) is 0 Å². The van der Waals surface area contributed by atoms with Crippen LogP contribution in [0, 0.1) is 31.3 Å². The standard InChI is InChI=1S/C36H33NO.C19H16N.Ir/c1-24(23-29(19-22-37)26-13-11-25(12-14-26)27-17-20-36(2,3)21-18-27)30-9-6-10-32-33-16-15-28-7-4-5-8-31(28)35(33)38-34(30)32;1-14-8-11-19(20-13-14)17-10-9-15(2)18(12-17)16-6-4-3-5-7-16;/h4-8,10-16,19,22-23,27H,17-18,20-21H2,1-3H3;3-9,11-13H,1-2H3;/q-2;-1;+3/b24-23+,29-19+;;/i27D;1D3,2D3;. The van der Waals surface area contributed by atoms with Crippen molar-refractivity contribution in [1.29, 1.82) is 0 Å². The van der Waals surface area contributed by atoms with E-state index in [-0.39, 0.29) is 31.2 Å². The Labute approximate surface area is 372 Å². The molecule has 294 valence electrons. The third kappa shape index (κ3) is 9.15. The summed E-state index contributed by atoms with van der Waals surface area (Å²) >= 11 is 0. The first-order valence-corrected chi connectivity index (χ1v) is 19.7. The van der Waals surface area contributed by atoms with Gasteiger partial charge in [-0.2, -0.15) is 6.21 Å². The first kappa shape index (κ1) is 33.2. The number of hydrogen-bond acceptors (Lipinski definition) is 2. The minimum Gasteiger partial charge on any atom is -0.811 e. The number of aromatic nitrogens is 1. The molecule has 0 saturated heterocycles. The van der Waals surface area contributed by atoms with Gasteiger partial charge in [0, 0.05) is 32.1 Å². The molecule has 1 saturated carbocycles. The van der Waals surface area contributed by atoms with Crippen molar-refractivity contribution in [3.05, 3.63) is 191 Å². The van der Waals surface area contributed by atoms with E-state index in [1.54, 1.807) is 18.2 Å². The van der Waals surface area contributed by atoms with Crippen molar-refractivity contribution in [2.24, 2.45) is 5.41 Å². The Bertz CT molecular complexity index is 3060. The number of fused-ring (bicyclic) bond motifs is 5. The van der Waals surface area contributed by atoms with Crippen molar-refractivity contribution in [1.82, 2.24) is 4.98 Å². The van der Waals surface area contributed by atoms with E-state index in [0.717, 1.165) is 98.0 Å². The molecule has 4 heteroatoms. The van der Waals surface area contributed by atoms with Crippen LogP contribution < -0.4 is 0 Å². The smallest absolute Gasteiger partial charge is 0.811 e. The summed E-state index contributed by atoms with van der Waals surface area (Å²) in [5.41, 5.74) is 9.76. The van der Waals surface area contributed by atoms with Gasteiger partial charge >= 0.3 is 20.1 Å². The number of aryl methyl sites for hydroxylation is 2. The maximum Gasteiger partial charge on any atom is 3.00 e. The Kier molecular flexibility index (Phi) is 10.2. The molecule has 59 heavy (non-hydrogen) atoms. The molecule has 8 aromatic rings. The summed E-state index contributed by atoms with van der Waals surface area (Å²) in [5, 5.41) is 14.1. The van der Waals surface area contributed by atoms with E-state index in [9.17, 15) is 5.41 Å². The largest absolute Gasteiger partial charge is 3.00 e. The zero-order valence-electron chi connectivity index (χ0n) is 40.4. The second-order valence-electron chi connectivity index (χ2n) is 15.8. The maximum atomic E-state index is 9.71. The molecular weight excluding hydrogens is 897 g/mol. The fourth-order valence-corrected chi connectivity index (χ4v) is 7.84. The molecule has 1 fully saturated rings. The van der Waals surface area contributed by atoms with E-state index in [1.165, 1.54) is 18.3 Å². The van der Waals surface area contributed by atoms with Crippen LogP contribution in [0.25, 0.3) is 71.7 Å². The Hall–Kier alpha value is -5.67. The SMILES string of the molecule is [2H]C([2H])([2H])c1ccc(-c2[c-]cc(C([2H])([2H])[2H])c(-c3ccccc3)c2)nc1.[2H]C1(c2ccc(C(=C/C=[N-])/C=C(\C)c3[c-]ccc4c3oc3c5ccccc5ccc43)cc2)CCC(C)(C)CC1.[Ir+3]. The first-order valence-electron chi connectivity index (χ1n) is 23.2. The van der Waals surface area contributed by atoms with E-state index in [4.69, 9.17) is 14.0 Å². The average Bonchev–Trinajstić information content (AvgIpc) is 3.69. The Morgan fingerprint density at radius 3 is 2.34 bits per heavy atom. The van der Waals surface area contributed by atoms with Gasteiger partial charge in [-0.15, -0.1) is 58.7 Å². The molecule has 2 aromatic heterocycles. The molecule has 0 bridgehead atoms. The fraction of sp³-hybridized carbons (Fsp3) is 0.200. The summed E-state index contributed by atoms with van der Waals surface area (Å²) in [6, 6.07) is 46.8. The van der Waals surface area contributed by atoms with Crippen LogP contribution in [0.2, 0.25) is 0 Å². The normalized spacial score (nSPS) is 17.2. The quantitative estimate of drug-likeness (QED) is 0.0908. The van der Waals surface area contributed by atoms with Crippen molar-refractivity contribution in [3.8, 4) is 22.4 Å². The second-order valence-corrected chi connectivity index (χ2v) is 15.8. The van der Waals surface area contributed by atoms with Crippen LogP contribution in [0.5, 0.6) is 0 Å². The van der Waals surface area contributed by atoms with Gasteiger partial charge in [0.25, 0.3) is 0 Å². The van der Waals surface area contributed by atoms with Gasteiger partial charge in [0.1, 0.15) is 5.58 Å². The molecule has 0 spiro atoms. The van der Waals surface area contributed by atoms with Gasteiger partial charge in [-0.05, 0) is 82.8 Å². The second kappa shape index (κ2) is 18.1. The molecule has 9 rings (SSSR count). The van der Waals surface area contributed by atoms with Crippen LogP contribution in [0.15, 0.2) is 150 Å². The molecule has 2 heterocycles. The predicted molar refractivity (Wildman–Crippen MR) is 246 cm³/mol. The summed E-state index contributed by atoms with van der Waals surface area (Å²) in [6.07, 6.45) is 10.1. The monoisotopic (exact) mass is 953 g/mol. The van der Waals surface area contributed by atoms with Gasteiger partial charge in [-0.1, -0.05) is 154 Å². The summed E-state index contributed by atoms with van der Waals surface area (Å²) < 4.78 is 61.2. The molecule has 0 aliphatic heterocycles. The topological polar surface area (TPSA) is 48.3 Å². The van der Waals surface area contributed by atoms with Crippen molar-refractivity contribution < 1.29 is 34.1 Å². The molecule has 0 unspecified atom stereocenters. The summed E-state index contributed by atoms with van der Waals surface area (Å²) in [7, 11) is 0. The van der Waals surface area contributed by atoms with Crippen LogP contribution in [0.4, 0.5) is 0 Å². The third-order valence-corrected chi connectivity index (χ3v) is 11.3. The molecule has 0 amide bonds. The average molecular weight is 953 g/mol. The van der Waals surface area contributed by atoms with E-state index in [1.807, 2.05) is 48.5 Å². The van der Waals surface area contributed by atoms with Crippen molar-refractivity contribution in [2.75, 3.05) is 0 Å². The van der Waals surface area contributed by atoms with E-state index < -0.39 is 19.6 Å². The minimum atomic E-state index is -2.27. The molecule has 1 aliphatic carbocycles. The van der Waals surface area contributed by atoms with Crippen LogP contribution >= 0.6 is 0 Å². The Morgan fingerprint density at radius 2 is 1.61 bits per heavy atom. The van der Waals surface area contributed by atoms with Gasteiger partial charge in [-0.3, -0.25) is 0 Å². The zero-order chi connectivity index (χ0) is 46.1. The van der Waals surface area contributed by atoms with E-state index in [2.05, 4.69) is 98.6 Å². The van der Waals surface area contributed by atoms with Gasteiger partial charge in [-0.25, -0.2) is 0 Å². The first-order chi connectivity index (χ1) is 30.9. The van der Waals surface area contributed by atoms with Crippen LogP contribution in [-0.2, 0) is 20.1 Å². The zero-order valence-corrected chi connectivity index (χ0v) is 35.8. The number of hydrogen-bond donors (Lipinski definition) is 0. The molecule has 0 atom stereocenters. The number of allylic oxidation sites excluding steroid dienone is 4. The van der Waals surface area contributed by atoms with E-state index >= 15 is 0 Å². The number of pyridine rings is 1. The Balaban J connectivity index is 0.000000210. The summed E-state index contributed by atoms with van der Waals surface area (Å²) in [5.74, 6) is -0.525. The van der Waals surface area contributed by atoms with E-state index in [0.29, 0.717) is 22.2 Å². The fourth-order valence-electron chi connectivity index (χ4n) is 7.84. The third-order valence-electron chi connectivity index (χ3n) is 11.3. The Morgan fingerprint density at radius 1 is 0.847 bits per heavy atom. The summed E-state index contributed by atoms with van der Waals surface area (Å²) in [4.78, 5) is 4.21. The van der Waals surface area contributed by atoms with Crippen LogP contribution in [0.3, 0.4) is 0 Å². The maximum absolute atomic E-state index is 9.71. The summed E-state index contributed by atoms with van der Waals surface area (Å²) in [6.45, 7) is 2.18. The molecule has 3 nitrogen and oxygen atoms in total. The van der Waals surface area contributed by atoms with Crippen molar-refractivity contribution in [2.45, 2.75) is 66.1 Å².